The number of H-pyrrole nitrogens is 1. The number of rotatable bonds is 7. The number of aromatic amines is 1. The summed E-state index contributed by atoms with van der Waals surface area (Å²) in [6.45, 7) is 0.720. The number of nitrogens with one attached hydrogen (secondary N) is 2. The normalized spacial score (nSPS) is 10.5. The molecule has 2 aromatic heterocycles. The van der Waals surface area contributed by atoms with E-state index < -0.39 is 4.92 Å². The van der Waals surface area contributed by atoms with E-state index >= 15 is 0 Å². The summed E-state index contributed by atoms with van der Waals surface area (Å²) in [6.07, 6.45) is 3.51. The van der Waals surface area contributed by atoms with Gasteiger partial charge in [0, 0.05) is 30.1 Å². The summed E-state index contributed by atoms with van der Waals surface area (Å²) in [6, 6.07) is 14.3. The zero-order chi connectivity index (χ0) is 16.8. The van der Waals surface area contributed by atoms with Crippen LogP contribution < -0.4 is 5.32 Å². The third kappa shape index (κ3) is 3.75. The third-order valence-corrected chi connectivity index (χ3v) is 3.61. The van der Waals surface area contributed by atoms with Gasteiger partial charge in [-0.2, -0.15) is 5.10 Å². The van der Waals surface area contributed by atoms with Gasteiger partial charge < -0.3 is 5.32 Å². The van der Waals surface area contributed by atoms with Crippen molar-refractivity contribution in [3.8, 4) is 11.3 Å². The van der Waals surface area contributed by atoms with E-state index in [-0.39, 0.29) is 5.69 Å². The molecular formula is C17H17N5O2. The molecule has 0 aliphatic carbocycles. The molecule has 0 aliphatic heterocycles. The van der Waals surface area contributed by atoms with Gasteiger partial charge in [-0.05, 0) is 25.0 Å². The number of pyridine rings is 1. The number of aryl methyl sites for hydroxylation is 1. The average molecular weight is 323 g/mol. The van der Waals surface area contributed by atoms with E-state index in [2.05, 4.69) is 20.5 Å². The monoisotopic (exact) mass is 323 g/mol. The van der Waals surface area contributed by atoms with Crippen LogP contribution in [0.2, 0.25) is 0 Å². The topological polar surface area (TPSA) is 96.7 Å². The van der Waals surface area contributed by atoms with E-state index in [0.29, 0.717) is 11.5 Å². The highest BCUT2D eigenvalue weighted by molar-refractivity contribution is 5.71. The van der Waals surface area contributed by atoms with Crippen molar-refractivity contribution in [2.75, 3.05) is 11.9 Å². The highest BCUT2D eigenvalue weighted by Crippen LogP contribution is 2.29. The maximum atomic E-state index is 11.2. The molecule has 3 rings (SSSR count). The van der Waals surface area contributed by atoms with Gasteiger partial charge in [-0.15, -0.1) is 0 Å². The fourth-order valence-electron chi connectivity index (χ4n) is 2.43. The number of nitro groups is 1. The Bertz CT molecular complexity index is 803. The Morgan fingerprint density at radius 1 is 1.12 bits per heavy atom. The molecule has 0 unspecified atom stereocenters. The molecule has 7 nitrogen and oxygen atoms in total. The predicted molar refractivity (Wildman–Crippen MR) is 91.7 cm³/mol. The van der Waals surface area contributed by atoms with Gasteiger partial charge in [0.1, 0.15) is 5.82 Å². The van der Waals surface area contributed by atoms with E-state index in [4.69, 9.17) is 0 Å². The maximum absolute atomic E-state index is 11.2. The molecule has 0 atom stereocenters. The van der Waals surface area contributed by atoms with Crippen LogP contribution in [0, 0.1) is 10.1 Å². The predicted octanol–water partition coefficient (Wildman–Crippen LogP) is 3.42. The maximum Gasteiger partial charge on any atom is 0.295 e. The lowest BCUT2D eigenvalue weighted by atomic mass is 10.1. The lowest BCUT2D eigenvalue weighted by molar-refractivity contribution is -0.384. The van der Waals surface area contributed by atoms with Crippen LogP contribution in [-0.4, -0.2) is 26.6 Å². The number of anilines is 1. The zero-order valence-corrected chi connectivity index (χ0v) is 13.0. The summed E-state index contributed by atoms with van der Waals surface area (Å²) in [7, 11) is 0. The second kappa shape index (κ2) is 7.36. The van der Waals surface area contributed by atoms with Crippen LogP contribution >= 0.6 is 0 Å². The molecule has 2 N–H and O–H groups in total. The van der Waals surface area contributed by atoms with Crippen LogP contribution in [0.15, 0.2) is 54.7 Å². The van der Waals surface area contributed by atoms with Gasteiger partial charge >= 0.3 is 0 Å². The smallest absolute Gasteiger partial charge is 0.295 e. The van der Waals surface area contributed by atoms with E-state index in [1.54, 1.807) is 12.3 Å². The van der Waals surface area contributed by atoms with E-state index in [1.807, 2.05) is 36.4 Å². The van der Waals surface area contributed by atoms with Gasteiger partial charge in [0.15, 0.2) is 5.69 Å². The molecule has 0 saturated heterocycles. The summed E-state index contributed by atoms with van der Waals surface area (Å²) in [5.74, 6) is 0.629. The molecule has 0 saturated carbocycles. The zero-order valence-electron chi connectivity index (χ0n) is 13.0. The largest absolute Gasteiger partial charge is 0.370 e. The molecule has 2 heterocycles. The number of hydrogen-bond donors (Lipinski definition) is 2. The first kappa shape index (κ1) is 15.7. The van der Waals surface area contributed by atoms with E-state index in [9.17, 15) is 10.1 Å². The summed E-state index contributed by atoms with van der Waals surface area (Å²) >= 11 is 0. The summed E-state index contributed by atoms with van der Waals surface area (Å²) in [5, 5.41) is 21.3. The SMILES string of the molecule is O=[N+]([O-])c1ccc(NCCCc2ccn[nH]2)nc1-c1ccccc1. The minimum Gasteiger partial charge on any atom is -0.370 e. The molecule has 0 bridgehead atoms. The lowest BCUT2D eigenvalue weighted by Crippen LogP contribution is -2.06. The molecule has 1 aromatic carbocycles. The molecule has 0 amide bonds. The quantitative estimate of drug-likeness (QED) is 0.394. The Morgan fingerprint density at radius 2 is 1.96 bits per heavy atom. The number of aromatic nitrogens is 3. The van der Waals surface area contributed by atoms with Gasteiger partial charge in [0.05, 0.1) is 4.92 Å². The van der Waals surface area contributed by atoms with Gasteiger partial charge in [0.25, 0.3) is 5.69 Å². The Hall–Kier alpha value is -3.22. The molecule has 0 aliphatic rings. The highest BCUT2D eigenvalue weighted by atomic mass is 16.6. The van der Waals surface area contributed by atoms with Crippen molar-refractivity contribution >= 4 is 11.5 Å². The summed E-state index contributed by atoms with van der Waals surface area (Å²) in [5.41, 5.74) is 2.19. The van der Waals surface area contributed by atoms with Crippen molar-refractivity contribution in [1.29, 1.82) is 0 Å². The number of nitrogens with zero attached hydrogens (tertiary/aromatic N) is 3. The molecule has 7 heteroatoms. The van der Waals surface area contributed by atoms with Crippen LogP contribution in [0.5, 0.6) is 0 Å². The first-order chi connectivity index (χ1) is 11.7. The molecule has 0 fully saturated rings. The van der Waals surface area contributed by atoms with Crippen molar-refractivity contribution in [2.45, 2.75) is 12.8 Å². The van der Waals surface area contributed by atoms with Gasteiger partial charge in [-0.25, -0.2) is 4.98 Å². The minimum absolute atomic E-state index is 0.00390. The van der Waals surface area contributed by atoms with E-state index in [0.717, 1.165) is 30.6 Å². The standard InChI is InChI=1S/C17H17N5O2/c23-22(24)15-8-9-16(18-11-4-7-14-10-12-19-21-14)20-17(15)13-5-2-1-3-6-13/h1-3,5-6,8-10,12H,4,7,11H2,(H,18,20)(H,19,21). The summed E-state index contributed by atoms with van der Waals surface area (Å²) in [4.78, 5) is 15.3. The first-order valence-corrected chi connectivity index (χ1v) is 7.67. The Balaban J connectivity index is 1.71. The van der Waals surface area contributed by atoms with Gasteiger partial charge in [0.2, 0.25) is 0 Å². The van der Waals surface area contributed by atoms with Crippen molar-refractivity contribution in [3.63, 3.8) is 0 Å². The van der Waals surface area contributed by atoms with Crippen LogP contribution in [0.4, 0.5) is 11.5 Å². The average Bonchev–Trinajstić information content (AvgIpc) is 3.12. The van der Waals surface area contributed by atoms with Gasteiger partial charge in [-0.1, -0.05) is 30.3 Å². The van der Waals surface area contributed by atoms with Crippen molar-refractivity contribution in [1.82, 2.24) is 15.2 Å². The number of hydrogen-bond acceptors (Lipinski definition) is 5. The second-order valence-electron chi connectivity index (χ2n) is 5.30. The lowest BCUT2D eigenvalue weighted by Gasteiger charge is -2.08. The Labute approximate surface area is 138 Å². The second-order valence-corrected chi connectivity index (χ2v) is 5.30. The minimum atomic E-state index is -0.405. The fourth-order valence-corrected chi connectivity index (χ4v) is 2.43. The third-order valence-electron chi connectivity index (χ3n) is 3.61. The molecule has 0 spiro atoms. The van der Waals surface area contributed by atoms with Crippen LogP contribution in [-0.2, 0) is 6.42 Å². The van der Waals surface area contributed by atoms with Crippen LogP contribution in [0.3, 0.4) is 0 Å². The molecule has 3 aromatic rings. The van der Waals surface area contributed by atoms with Crippen molar-refractivity contribution in [3.05, 3.63) is 70.5 Å². The van der Waals surface area contributed by atoms with E-state index in [1.165, 1.54) is 6.07 Å². The number of benzene rings is 1. The molecule has 122 valence electrons. The Morgan fingerprint density at radius 3 is 2.67 bits per heavy atom. The van der Waals surface area contributed by atoms with Crippen LogP contribution in [0.25, 0.3) is 11.3 Å². The van der Waals surface area contributed by atoms with Crippen molar-refractivity contribution < 1.29 is 4.92 Å². The summed E-state index contributed by atoms with van der Waals surface area (Å²) < 4.78 is 0. The van der Waals surface area contributed by atoms with Crippen LogP contribution in [0.1, 0.15) is 12.1 Å². The molecule has 24 heavy (non-hydrogen) atoms. The molecule has 0 radical (unpaired) electrons. The van der Waals surface area contributed by atoms with Gasteiger partial charge in [-0.3, -0.25) is 15.2 Å². The fraction of sp³-hybridized carbons (Fsp3) is 0.176. The molecular weight excluding hydrogens is 306 g/mol. The highest BCUT2D eigenvalue weighted by Gasteiger charge is 2.17. The van der Waals surface area contributed by atoms with Crippen molar-refractivity contribution in [2.24, 2.45) is 0 Å². The first-order valence-electron chi connectivity index (χ1n) is 7.67. The Kier molecular flexibility index (Phi) is 4.81.